The van der Waals surface area contributed by atoms with Crippen molar-refractivity contribution in [2.24, 2.45) is 0 Å². The summed E-state index contributed by atoms with van der Waals surface area (Å²) in [5.74, 6) is -1.71. The number of alkyl halides is 3. The first-order valence-corrected chi connectivity index (χ1v) is 7.68. The largest absolute Gasteiger partial charge is 0.416 e. The molecule has 0 aliphatic heterocycles. The number of hydrogen-bond donors (Lipinski definition) is 2. The number of hydrogen-bond acceptors (Lipinski definition) is 2. The van der Waals surface area contributed by atoms with Gasteiger partial charge in [-0.05, 0) is 42.8 Å². The molecule has 138 valence electrons. The standard InChI is InChI=1S/C18H16F4N2O2/c1-11-5-6-13(10-15(11)19)17(26)24-8-7-23-16(25)12-3-2-4-14(9-12)18(20,21)22/h2-6,9-10H,7-8H2,1H3,(H,23,25)(H,24,26). The Balaban J connectivity index is 1.85. The SMILES string of the molecule is Cc1ccc(C(=O)NCCNC(=O)c2cccc(C(F)(F)F)c2)cc1F. The summed E-state index contributed by atoms with van der Waals surface area (Å²) in [6, 6.07) is 8.07. The molecule has 0 bridgehead atoms. The van der Waals surface area contributed by atoms with Crippen molar-refractivity contribution in [3.8, 4) is 0 Å². The molecule has 2 rings (SSSR count). The summed E-state index contributed by atoms with van der Waals surface area (Å²) in [6.07, 6.45) is -4.53. The van der Waals surface area contributed by atoms with Crippen molar-refractivity contribution in [1.82, 2.24) is 10.6 Å². The molecule has 0 aromatic heterocycles. The van der Waals surface area contributed by atoms with Crippen molar-refractivity contribution in [2.75, 3.05) is 13.1 Å². The van der Waals surface area contributed by atoms with Crippen molar-refractivity contribution >= 4 is 11.8 Å². The summed E-state index contributed by atoms with van der Waals surface area (Å²) in [7, 11) is 0. The van der Waals surface area contributed by atoms with Crippen molar-refractivity contribution in [1.29, 1.82) is 0 Å². The first kappa shape index (κ1) is 19.4. The lowest BCUT2D eigenvalue weighted by Crippen LogP contribution is -2.34. The van der Waals surface area contributed by atoms with Crippen LogP contribution in [0.5, 0.6) is 0 Å². The summed E-state index contributed by atoms with van der Waals surface area (Å²) in [5, 5.41) is 4.90. The first-order valence-electron chi connectivity index (χ1n) is 7.68. The highest BCUT2D eigenvalue weighted by Gasteiger charge is 2.30. The Morgan fingerprint density at radius 1 is 0.923 bits per heavy atom. The number of amides is 2. The molecule has 0 spiro atoms. The highest BCUT2D eigenvalue weighted by molar-refractivity contribution is 5.95. The average Bonchev–Trinajstić information content (AvgIpc) is 2.60. The second kappa shape index (κ2) is 7.99. The van der Waals surface area contributed by atoms with Crippen molar-refractivity contribution in [3.63, 3.8) is 0 Å². The van der Waals surface area contributed by atoms with E-state index in [1.165, 1.54) is 18.2 Å². The Kier molecular flexibility index (Phi) is 5.97. The summed E-state index contributed by atoms with van der Waals surface area (Å²) < 4.78 is 51.3. The third-order valence-corrected chi connectivity index (χ3v) is 3.58. The number of halogens is 4. The predicted molar refractivity (Wildman–Crippen MR) is 87.2 cm³/mol. The van der Waals surface area contributed by atoms with Gasteiger partial charge in [0.1, 0.15) is 5.82 Å². The Morgan fingerprint density at radius 2 is 1.50 bits per heavy atom. The van der Waals surface area contributed by atoms with Crippen molar-refractivity contribution < 1.29 is 27.2 Å². The Morgan fingerprint density at radius 3 is 2.04 bits per heavy atom. The fraction of sp³-hybridized carbons (Fsp3) is 0.222. The van der Waals surface area contributed by atoms with E-state index in [0.29, 0.717) is 5.56 Å². The molecule has 0 saturated heterocycles. The van der Waals surface area contributed by atoms with Gasteiger partial charge in [0.15, 0.2) is 0 Å². The molecule has 0 atom stereocenters. The molecule has 0 fully saturated rings. The van der Waals surface area contributed by atoms with Crippen LogP contribution >= 0.6 is 0 Å². The molecule has 8 heteroatoms. The van der Waals surface area contributed by atoms with Crippen LogP contribution in [0.3, 0.4) is 0 Å². The Bertz CT molecular complexity index is 819. The molecular formula is C18H16F4N2O2. The Hall–Kier alpha value is -2.90. The topological polar surface area (TPSA) is 58.2 Å². The zero-order chi connectivity index (χ0) is 19.3. The zero-order valence-electron chi connectivity index (χ0n) is 13.8. The normalized spacial score (nSPS) is 11.1. The summed E-state index contributed by atoms with van der Waals surface area (Å²) in [4.78, 5) is 23.7. The summed E-state index contributed by atoms with van der Waals surface area (Å²) in [6.45, 7) is 1.62. The van der Waals surface area contributed by atoms with Gasteiger partial charge in [-0.25, -0.2) is 4.39 Å². The van der Waals surface area contributed by atoms with E-state index in [-0.39, 0.29) is 24.2 Å². The van der Waals surface area contributed by atoms with E-state index < -0.39 is 29.4 Å². The molecule has 0 heterocycles. The van der Waals surface area contributed by atoms with Crippen LogP contribution in [0.2, 0.25) is 0 Å². The minimum Gasteiger partial charge on any atom is -0.350 e. The third-order valence-electron chi connectivity index (χ3n) is 3.58. The second-order valence-electron chi connectivity index (χ2n) is 5.55. The Labute approximate surface area is 147 Å². The third kappa shape index (κ3) is 5.05. The van der Waals surface area contributed by atoms with Gasteiger partial charge in [-0.15, -0.1) is 0 Å². The van der Waals surface area contributed by atoms with E-state index in [9.17, 15) is 27.2 Å². The molecule has 2 amide bonds. The fourth-order valence-corrected chi connectivity index (χ4v) is 2.13. The molecular weight excluding hydrogens is 352 g/mol. The maximum absolute atomic E-state index is 13.4. The van der Waals surface area contributed by atoms with Gasteiger partial charge >= 0.3 is 6.18 Å². The van der Waals surface area contributed by atoms with Crippen molar-refractivity contribution in [2.45, 2.75) is 13.1 Å². The van der Waals surface area contributed by atoms with Gasteiger partial charge in [-0.3, -0.25) is 9.59 Å². The van der Waals surface area contributed by atoms with Crippen molar-refractivity contribution in [3.05, 3.63) is 70.5 Å². The van der Waals surface area contributed by atoms with Crippen LogP contribution in [-0.4, -0.2) is 24.9 Å². The smallest absolute Gasteiger partial charge is 0.350 e. The van der Waals surface area contributed by atoms with Crippen LogP contribution in [0.15, 0.2) is 42.5 Å². The number of rotatable bonds is 5. The van der Waals surface area contributed by atoms with Gasteiger partial charge in [0, 0.05) is 24.2 Å². The van der Waals surface area contributed by atoms with Gasteiger partial charge in [-0.2, -0.15) is 13.2 Å². The molecule has 2 N–H and O–H groups in total. The highest BCUT2D eigenvalue weighted by atomic mass is 19.4. The van der Waals surface area contributed by atoms with E-state index in [1.807, 2.05) is 0 Å². The van der Waals surface area contributed by atoms with Crippen LogP contribution in [-0.2, 0) is 6.18 Å². The molecule has 0 aliphatic carbocycles. The van der Waals surface area contributed by atoms with Gasteiger partial charge in [-0.1, -0.05) is 12.1 Å². The molecule has 0 aliphatic rings. The minimum absolute atomic E-state index is 0.00909. The van der Waals surface area contributed by atoms with Crippen LogP contribution in [0, 0.1) is 12.7 Å². The number of benzene rings is 2. The number of nitrogens with one attached hydrogen (secondary N) is 2. The maximum Gasteiger partial charge on any atom is 0.416 e. The van der Waals surface area contributed by atoms with Crippen LogP contribution in [0.1, 0.15) is 31.8 Å². The molecule has 0 unspecified atom stereocenters. The summed E-state index contributed by atoms with van der Waals surface area (Å²) in [5.41, 5.74) is -0.501. The number of carbonyl (C=O) groups is 2. The zero-order valence-corrected chi connectivity index (χ0v) is 13.8. The van der Waals surface area contributed by atoms with Gasteiger partial charge in [0.2, 0.25) is 0 Å². The van der Waals surface area contributed by atoms with E-state index in [2.05, 4.69) is 10.6 Å². The van der Waals surface area contributed by atoms with E-state index >= 15 is 0 Å². The van der Waals surface area contributed by atoms with E-state index in [1.54, 1.807) is 6.92 Å². The van der Waals surface area contributed by atoms with Gasteiger partial charge < -0.3 is 10.6 Å². The monoisotopic (exact) mass is 368 g/mol. The van der Waals surface area contributed by atoms with Gasteiger partial charge in [0.25, 0.3) is 11.8 Å². The quantitative estimate of drug-likeness (QED) is 0.628. The van der Waals surface area contributed by atoms with Crippen LogP contribution in [0.4, 0.5) is 17.6 Å². The molecule has 2 aromatic carbocycles. The molecule has 26 heavy (non-hydrogen) atoms. The first-order chi connectivity index (χ1) is 12.2. The minimum atomic E-state index is -4.53. The highest BCUT2D eigenvalue weighted by Crippen LogP contribution is 2.29. The summed E-state index contributed by atoms with van der Waals surface area (Å²) >= 11 is 0. The molecule has 4 nitrogen and oxygen atoms in total. The fourth-order valence-electron chi connectivity index (χ4n) is 2.13. The van der Waals surface area contributed by atoms with Gasteiger partial charge in [0.05, 0.1) is 5.56 Å². The lowest BCUT2D eigenvalue weighted by atomic mass is 10.1. The average molecular weight is 368 g/mol. The molecule has 2 aromatic rings. The van der Waals surface area contributed by atoms with E-state index in [0.717, 1.165) is 24.3 Å². The lowest BCUT2D eigenvalue weighted by Gasteiger charge is -2.10. The number of aryl methyl sites for hydroxylation is 1. The maximum atomic E-state index is 13.4. The predicted octanol–water partition coefficient (Wildman–Crippen LogP) is 3.31. The number of carbonyl (C=O) groups excluding carboxylic acids is 2. The lowest BCUT2D eigenvalue weighted by molar-refractivity contribution is -0.137. The van der Waals surface area contributed by atoms with Crippen LogP contribution in [0.25, 0.3) is 0 Å². The van der Waals surface area contributed by atoms with E-state index in [4.69, 9.17) is 0 Å². The molecule has 0 radical (unpaired) electrons. The molecule has 0 saturated carbocycles. The second-order valence-corrected chi connectivity index (χ2v) is 5.55. The van der Waals surface area contributed by atoms with Crippen LogP contribution < -0.4 is 10.6 Å².